The second kappa shape index (κ2) is 6.85. The zero-order valence-corrected chi connectivity index (χ0v) is 11.8. The molecule has 0 aliphatic heterocycles. The van der Waals surface area contributed by atoms with Gasteiger partial charge in [-0.15, -0.1) is 0 Å². The Bertz CT molecular complexity index is 659. The third kappa shape index (κ3) is 4.29. The average molecular weight is 305 g/mol. The van der Waals surface area contributed by atoms with Crippen molar-refractivity contribution in [3.8, 4) is 0 Å². The Morgan fingerprint density at radius 2 is 2.05 bits per heavy atom. The summed E-state index contributed by atoms with van der Waals surface area (Å²) in [6, 6.07) is 9.72. The molecule has 2 N–H and O–H groups in total. The third-order valence-corrected chi connectivity index (χ3v) is 3.06. The van der Waals surface area contributed by atoms with Gasteiger partial charge in [-0.1, -0.05) is 17.7 Å². The number of hydrogen-bond donors (Lipinski definition) is 2. The van der Waals surface area contributed by atoms with Crippen LogP contribution in [-0.2, 0) is 11.2 Å². The van der Waals surface area contributed by atoms with Crippen LogP contribution in [0.2, 0.25) is 5.02 Å². The number of nitrogens with zero attached hydrogens (tertiary/aromatic N) is 1. The molecule has 0 unspecified atom stereocenters. The SMILES string of the molecule is O=C(CCc1ccccn1)Nc1cc(Cl)ccc1C(=O)O. The van der Waals surface area contributed by atoms with Gasteiger partial charge in [-0.05, 0) is 36.8 Å². The highest BCUT2D eigenvalue weighted by Gasteiger charge is 2.13. The Labute approximate surface area is 126 Å². The molecule has 0 atom stereocenters. The molecule has 0 fully saturated rings. The van der Waals surface area contributed by atoms with Gasteiger partial charge in [-0.25, -0.2) is 4.79 Å². The van der Waals surface area contributed by atoms with Crippen molar-refractivity contribution in [1.82, 2.24) is 4.98 Å². The summed E-state index contributed by atoms with van der Waals surface area (Å²) in [5.74, 6) is -1.41. The van der Waals surface area contributed by atoms with E-state index >= 15 is 0 Å². The van der Waals surface area contributed by atoms with E-state index in [-0.39, 0.29) is 23.6 Å². The normalized spacial score (nSPS) is 10.1. The Morgan fingerprint density at radius 1 is 1.24 bits per heavy atom. The average Bonchev–Trinajstić information content (AvgIpc) is 2.46. The minimum Gasteiger partial charge on any atom is -0.478 e. The van der Waals surface area contributed by atoms with Crippen LogP contribution in [0, 0.1) is 0 Å². The van der Waals surface area contributed by atoms with Gasteiger partial charge < -0.3 is 10.4 Å². The summed E-state index contributed by atoms with van der Waals surface area (Å²) >= 11 is 5.82. The number of aromatic nitrogens is 1. The van der Waals surface area contributed by atoms with Gasteiger partial charge in [0.2, 0.25) is 5.91 Å². The van der Waals surface area contributed by atoms with Crippen LogP contribution in [0.1, 0.15) is 22.5 Å². The van der Waals surface area contributed by atoms with E-state index in [2.05, 4.69) is 10.3 Å². The van der Waals surface area contributed by atoms with Gasteiger partial charge in [-0.3, -0.25) is 9.78 Å². The number of halogens is 1. The van der Waals surface area contributed by atoms with Gasteiger partial charge in [0.05, 0.1) is 11.3 Å². The topological polar surface area (TPSA) is 79.3 Å². The summed E-state index contributed by atoms with van der Waals surface area (Å²) in [4.78, 5) is 27.1. The molecule has 0 saturated carbocycles. The van der Waals surface area contributed by atoms with Gasteiger partial charge in [0.25, 0.3) is 0 Å². The number of aryl methyl sites for hydroxylation is 1. The summed E-state index contributed by atoms with van der Waals surface area (Å²) in [7, 11) is 0. The van der Waals surface area contributed by atoms with Crippen LogP contribution in [0.4, 0.5) is 5.69 Å². The fourth-order valence-electron chi connectivity index (χ4n) is 1.81. The lowest BCUT2D eigenvalue weighted by molar-refractivity contribution is -0.116. The van der Waals surface area contributed by atoms with Crippen LogP contribution in [0.5, 0.6) is 0 Å². The van der Waals surface area contributed by atoms with Crippen LogP contribution in [0.15, 0.2) is 42.6 Å². The zero-order chi connectivity index (χ0) is 15.2. The van der Waals surface area contributed by atoms with Gasteiger partial charge in [0.1, 0.15) is 0 Å². The number of aromatic carboxylic acids is 1. The van der Waals surface area contributed by atoms with E-state index in [4.69, 9.17) is 16.7 Å². The van der Waals surface area contributed by atoms with E-state index in [9.17, 15) is 9.59 Å². The van der Waals surface area contributed by atoms with Gasteiger partial charge in [-0.2, -0.15) is 0 Å². The highest BCUT2D eigenvalue weighted by Crippen LogP contribution is 2.21. The van der Waals surface area contributed by atoms with Crippen molar-refractivity contribution >= 4 is 29.2 Å². The second-order valence-electron chi connectivity index (χ2n) is 4.36. The molecule has 1 heterocycles. The van der Waals surface area contributed by atoms with Crippen LogP contribution < -0.4 is 5.32 Å². The van der Waals surface area contributed by atoms with E-state index < -0.39 is 5.97 Å². The van der Waals surface area contributed by atoms with Crippen molar-refractivity contribution in [2.75, 3.05) is 5.32 Å². The largest absolute Gasteiger partial charge is 0.478 e. The minimum absolute atomic E-state index is 0.00517. The summed E-state index contributed by atoms with van der Waals surface area (Å²) in [6.45, 7) is 0. The molecule has 1 amide bonds. The Morgan fingerprint density at radius 3 is 2.71 bits per heavy atom. The minimum atomic E-state index is -1.12. The summed E-state index contributed by atoms with van der Waals surface area (Å²) in [6.07, 6.45) is 2.35. The summed E-state index contributed by atoms with van der Waals surface area (Å²) in [5.41, 5.74) is 1.00. The predicted octanol–water partition coefficient (Wildman–Crippen LogP) is 3.00. The maximum atomic E-state index is 11.9. The molecule has 0 aliphatic rings. The Hall–Kier alpha value is -2.40. The molecule has 0 spiro atoms. The lowest BCUT2D eigenvalue weighted by Gasteiger charge is -2.09. The molecular formula is C15H13ClN2O3. The number of carboxylic acid groups (broad SMARTS) is 1. The molecule has 6 heteroatoms. The Kier molecular flexibility index (Phi) is 4.90. The molecule has 2 rings (SSSR count). The molecule has 5 nitrogen and oxygen atoms in total. The smallest absolute Gasteiger partial charge is 0.337 e. The molecule has 2 aromatic rings. The molecule has 0 aliphatic carbocycles. The number of carbonyl (C=O) groups is 2. The lowest BCUT2D eigenvalue weighted by Crippen LogP contribution is -2.15. The number of benzene rings is 1. The first kappa shape index (κ1) is 15.0. The number of carbonyl (C=O) groups excluding carboxylic acids is 1. The number of hydrogen-bond acceptors (Lipinski definition) is 3. The second-order valence-corrected chi connectivity index (χ2v) is 4.80. The van der Waals surface area contributed by atoms with Crippen molar-refractivity contribution in [3.05, 3.63) is 58.9 Å². The van der Waals surface area contributed by atoms with E-state index in [1.807, 2.05) is 12.1 Å². The van der Waals surface area contributed by atoms with E-state index in [0.717, 1.165) is 5.69 Å². The first-order chi connectivity index (χ1) is 10.1. The zero-order valence-electron chi connectivity index (χ0n) is 11.0. The van der Waals surface area contributed by atoms with E-state index in [0.29, 0.717) is 11.4 Å². The van der Waals surface area contributed by atoms with Crippen molar-refractivity contribution < 1.29 is 14.7 Å². The monoisotopic (exact) mass is 304 g/mol. The number of nitrogens with one attached hydrogen (secondary N) is 1. The molecule has 21 heavy (non-hydrogen) atoms. The number of rotatable bonds is 5. The van der Waals surface area contributed by atoms with Crippen molar-refractivity contribution in [2.24, 2.45) is 0 Å². The maximum absolute atomic E-state index is 11.9. The van der Waals surface area contributed by atoms with Gasteiger partial charge in [0.15, 0.2) is 0 Å². The lowest BCUT2D eigenvalue weighted by atomic mass is 10.1. The molecule has 0 saturated heterocycles. The third-order valence-electron chi connectivity index (χ3n) is 2.82. The summed E-state index contributed by atoms with van der Waals surface area (Å²) < 4.78 is 0. The molecular weight excluding hydrogens is 292 g/mol. The standard InChI is InChI=1S/C15H13ClN2O3/c16-10-4-6-12(15(20)21)13(9-10)18-14(19)7-5-11-3-1-2-8-17-11/h1-4,6,8-9H,5,7H2,(H,18,19)(H,20,21). The maximum Gasteiger partial charge on any atom is 0.337 e. The summed E-state index contributed by atoms with van der Waals surface area (Å²) in [5, 5.41) is 12.0. The molecule has 108 valence electrons. The molecule has 1 aromatic carbocycles. The number of amides is 1. The highest BCUT2D eigenvalue weighted by molar-refractivity contribution is 6.31. The Balaban J connectivity index is 2.02. The number of anilines is 1. The van der Waals surface area contributed by atoms with Crippen LogP contribution in [0.25, 0.3) is 0 Å². The van der Waals surface area contributed by atoms with E-state index in [1.165, 1.54) is 18.2 Å². The number of pyridine rings is 1. The van der Waals surface area contributed by atoms with Gasteiger partial charge >= 0.3 is 5.97 Å². The van der Waals surface area contributed by atoms with Crippen LogP contribution >= 0.6 is 11.6 Å². The van der Waals surface area contributed by atoms with Crippen molar-refractivity contribution in [2.45, 2.75) is 12.8 Å². The van der Waals surface area contributed by atoms with Crippen LogP contribution in [-0.4, -0.2) is 22.0 Å². The van der Waals surface area contributed by atoms with Crippen molar-refractivity contribution in [1.29, 1.82) is 0 Å². The molecule has 0 bridgehead atoms. The quantitative estimate of drug-likeness (QED) is 0.890. The van der Waals surface area contributed by atoms with Gasteiger partial charge in [0, 0.05) is 23.3 Å². The molecule has 0 radical (unpaired) electrons. The fourth-order valence-corrected chi connectivity index (χ4v) is 1.98. The first-order valence-corrected chi connectivity index (χ1v) is 6.66. The van der Waals surface area contributed by atoms with Crippen LogP contribution in [0.3, 0.4) is 0 Å². The van der Waals surface area contributed by atoms with E-state index in [1.54, 1.807) is 12.3 Å². The highest BCUT2D eigenvalue weighted by atomic mass is 35.5. The predicted molar refractivity (Wildman–Crippen MR) is 79.6 cm³/mol. The van der Waals surface area contributed by atoms with Crippen molar-refractivity contribution in [3.63, 3.8) is 0 Å². The fraction of sp³-hybridized carbons (Fsp3) is 0.133. The first-order valence-electron chi connectivity index (χ1n) is 6.29. The number of carboxylic acids is 1. The molecule has 1 aromatic heterocycles.